The van der Waals surface area contributed by atoms with Crippen LogP contribution >= 0.6 is 23.4 Å². The molecule has 1 aromatic carbocycles. The number of rotatable bonds is 3. The summed E-state index contributed by atoms with van der Waals surface area (Å²) in [6.07, 6.45) is 0. The number of benzene rings is 1. The van der Waals surface area contributed by atoms with Crippen molar-refractivity contribution in [1.29, 1.82) is 0 Å². The van der Waals surface area contributed by atoms with Gasteiger partial charge in [0.25, 0.3) is 5.91 Å². The molecule has 0 saturated carbocycles. The minimum atomic E-state index is -1.71. The topological polar surface area (TPSA) is 43.1 Å². The standard InChI is InChI=1S/C8H7ClFNOS/c9-5-1-3-6(4-2-5)13-7(10)8(11)12/h1-4,7H,(H2,11,12). The van der Waals surface area contributed by atoms with Crippen LogP contribution in [0, 0.1) is 0 Å². The van der Waals surface area contributed by atoms with E-state index in [0.717, 1.165) is 11.8 Å². The molecule has 0 saturated heterocycles. The molecule has 2 nitrogen and oxygen atoms in total. The summed E-state index contributed by atoms with van der Waals surface area (Å²) in [5.74, 6) is -0.972. The zero-order valence-corrected chi connectivity index (χ0v) is 8.11. The smallest absolute Gasteiger partial charge is 0.262 e. The molecule has 1 unspecified atom stereocenters. The first-order chi connectivity index (χ1) is 6.09. The fraction of sp³-hybridized carbons (Fsp3) is 0.125. The maximum absolute atomic E-state index is 12.8. The number of hydrogen-bond acceptors (Lipinski definition) is 2. The monoisotopic (exact) mass is 219 g/mol. The van der Waals surface area contributed by atoms with Crippen molar-refractivity contribution < 1.29 is 9.18 Å². The third-order valence-electron chi connectivity index (χ3n) is 1.28. The summed E-state index contributed by atoms with van der Waals surface area (Å²) < 4.78 is 12.8. The van der Waals surface area contributed by atoms with Crippen LogP contribution < -0.4 is 5.73 Å². The van der Waals surface area contributed by atoms with Crippen molar-refractivity contribution in [1.82, 2.24) is 0 Å². The molecule has 0 heterocycles. The van der Waals surface area contributed by atoms with Crippen LogP contribution in [0.2, 0.25) is 5.02 Å². The lowest BCUT2D eigenvalue weighted by Crippen LogP contribution is -2.21. The van der Waals surface area contributed by atoms with Crippen LogP contribution in [0.15, 0.2) is 29.2 Å². The lowest BCUT2D eigenvalue weighted by Gasteiger charge is -2.02. The molecular formula is C8H7ClFNOS. The maximum Gasteiger partial charge on any atom is 0.262 e. The zero-order chi connectivity index (χ0) is 9.84. The Balaban J connectivity index is 2.64. The van der Waals surface area contributed by atoms with E-state index in [-0.39, 0.29) is 0 Å². The molecule has 13 heavy (non-hydrogen) atoms. The molecule has 1 atom stereocenters. The van der Waals surface area contributed by atoms with Crippen molar-refractivity contribution in [2.45, 2.75) is 10.4 Å². The second kappa shape index (κ2) is 4.48. The second-order valence-corrected chi connectivity index (χ2v) is 3.85. The summed E-state index contributed by atoms with van der Waals surface area (Å²) >= 11 is 6.38. The van der Waals surface area contributed by atoms with E-state index in [2.05, 4.69) is 0 Å². The highest BCUT2D eigenvalue weighted by molar-refractivity contribution is 8.00. The van der Waals surface area contributed by atoms with Gasteiger partial charge in [0.2, 0.25) is 5.50 Å². The lowest BCUT2D eigenvalue weighted by molar-refractivity contribution is -0.119. The molecule has 0 aromatic heterocycles. The summed E-state index contributed by atoms with van der Waals surface area (Å²) in [5.41, 5.74) is 3.05. The van der Waals surface area contributed by atoms with Crippen LogP contribution in [0.3, 0.4) is 0 Å². The Labute approximate surface area is 84.3 Å². The highest BCUT2D eigenvalue weighted by atomic mass is 35.5. The molecule has 0 aliphatic carbocycles. The number of amides is 1. The van der Waals surface area contributed by atoms with Gasteiger partial charge < -0.3 is 5.73 Å². The second-order valence-electron chi connectivity index (χ2n) is 2.29. The number of primary amides is 1. The first kappa shape index (κ1) is 10.3. The first-order valence-electron chi connectivity index (χ1n) is 3.45. The lowest BCUT2D eigenvalue weighted by atomic mass is 10.4. The Hall–Kier alpha value is -0.740. The van der Waals surface area contributed by atoms with Gasteiger partial charge in [0.15, 0.2) is 0 Å². The van der Waals surface area contributed by atoms with E-state index in [9.17, 15) is 9.18 Å². The number of carbonyl (C=O) groups is 1. The molecule has 1 rings (SSSR count). The van der Waals surface area contributed by atoms with Gasteiger partial charge in [-0.3, -0.25) is 4.79 Å². The zero-order valence-electron chi connectivity index (χ0n) is 6.54. The summed E-state index contributed by atoms with van der Waals surface area (Å²) in [4.78, 5) is 11.0. The number of hydrogen-bond donors (Lipinski definition) is 1. The molecule has 0 spiro atoms. The third kappa shape index (κ3) is 3.24. The Morgan fingerprint density at radius 1 is 1.46 bits per heavy atom. The summed E-state index contributed by atoms with van der Waals surface area (Å²) in [6.45, 7) is 0. The number of thioether (sulfide) groups is 1. The van der Waals surface area contributed by atoms with Gasteiger partial charge in [0.05, 0.1) is 0 Å². The fourth-order valence-electron chi connectivity index (χ4n) is 0.691. The molecule has 2 N–H and O–H groups in total. The number of halogens is 2. The average Bonchev–Trinajstić information content (AvgIpc) is 2.08. The maximum atomic E-state index is 12.8. The largest absolute Gasteiger partial charge is 0.366 e. The number of nitrogens with two attached hydrogens (primary N) is 1. The van der Waals surface area contributed by atoms with Crippen LogP contribution in [0.25, 0.3) is 0 Å². The van der Waals surface area contributed by atoms with Gasteiger partial charge in [-0.15, -0.1) is 0 Å². The highest BCUT2D eigenvalue weighted by Gasteiger charge is 2.14. The highest BCUT2D eigenvalue weighted by Crippen LogP contribution is 2.25. The molecule has 0 aliphatic heterocycles. The van der Waals surface area contributed by atoms with E-state index < -0.39 is 11.4 Å². The van der Waals surface area contributed by atoms with Crippen LogP contribution in [0.1, 0.15) is 0 Å². The van der Waals surface area contributed by atoms with Crippen molar-refractivity contribution in [3.63, 3.8) is 0 Å². The van der Waals surface area contributed by atoms with Gasteiger partial charge >= 0.3 is 0 Å². The molecule has 0 bridgehead atoms. The van der Waals surface area contributed by atoms with Gasteiger partial charge in [-0.1, -0.05) is 23.4 Å². The summed E-state index contributed by atoms with van der Waals surface area (Å²) in [6, 6.07) is 6.50. The molecule has 0 aliphatic rings. The van der Waals surface area contributed by atoms with Gasteiger partial charge in [-0.25, -0.2) is 4.39 Å². The van der Waals surface area contributed by atoms with Gasteiger partial charge in [-0.05, 0) is 24.3 Å². The number of carbonyl (C=O) groups excluding carboxylic acids is 1. The van der Waals surface area contributed by atoms with E-state index in [4.69, 9.17) is 17.3 Å². The van der Waals surface area contributed by atoms with Crippen LogP contribution in [0.4, 0.5) is 4.39 Å². The van der Waals surface area contributed by atoms with Gasteiger partial charge in [0, 0.05) is 9.92 Å². The Morgan fingerprint density at radius 3 is 2.46 bits per heavy atom. The van der Waals surface area contributed by atoms with Crippen molar-refractivity contribution in [2.75, 3.05) is 0 Å². The summed E-state index contributed by atoms with van der Waals surface area (Å²) in [5, 5.41) is 0.568. The Bertz CT molecular complexity index is 304. The molecule has 0 radical (unpaired) electrons. The predicted octanol–water partition coefficient (Wildman–Crippen LogP) is 2.21. The van der Waals surface area contributed by atoms with E-state index in [1.165, 1.54) is 0 Å². The number of alkyl halides is 1. The molecule has 70 valence electrons. The molecule has 1 amide bonds. The van der Waals surface area contributed by atoms with Crippen molar-refractivity contribution in [2.24, 2.45) is 5.73 Å². The van der Waals surface area contributed by atoms with Crippen LogP contribution in [-0.2, 0) is 4.79 Å². The van der Waals surface area contributed by atoms with Crippen molar-refractivity contribution in [3.8, 4) is 0 Å². The molecule has 1 aromatic rings. The minimum absolute atomic E-state index is 0.568. The first-order valence-corrected chi connectivity index (χ1v) is 4.71. The van der Waals surface area contributed by atoms with Gasteiger partial charge in [-0.2, -0.15) is 0 Å². The predicted molar refractivity (Wildman–Crippen MR) is 51.4 cm³/mol. The van der Waals surface area contributed by atoms with E-state index >= 15 is 0 Å². The third-order valence-corrected chi connectivity index (χ3v) is 2.51. The Kier molecular flexibility index (Phi) is 3.57. The molecular weight excluding hydrogens is 213 g/mol. The quantitative estimate of drug-likeness (QED) is 0.793. The summed E-state index contributed by atoms with van der Waals surface area (Å²) in [7, 11) is 0. The molecule has 0 fully saturated rings. The average molecular weight is 220 g/mol. The van der Waals surface area contributed by atoms with Crippen LogP contribution in [-0.4, -0.2) is 11.4 Å². The normalized spacial score (nSPS) is 12.5. The van der Waals surface area contributed by atoms with E-state index in [0.29, 0.717) is 9.92 Å². The molecule has 5 heteroatoms. The fourth-order valence-corrected chi connectivity index (χ4v) is 1.47. The van der Waals surface area contributed by atoms with E-state index in [1.54, 1.807) is 24.3 Å². The SMILES string of the molecule is NC(=O)C(F)Sc1ccc(Cl)cc1. The van der Waals surface area contributed by atoms with Crippen LogP contribution in [0.5, 0.6) is 0 Å². The minimum Gasteiger partial charge on any atom is -0.366 e. The van der Waals surface area contributed by atoms with Crippen molar-refractivity contribution >= 4 is 29.3 Å². The van der Waals surface area contributed by atoms with Gasteiger partial charge in [0.1, 0.15) is 0 Å². The van der Waals surface area contributed by atoms with Crippen molar-refractivity contribution in [3.05, 3.63) is 29.3 Å². The van der Waals surface area contributed by atoms with E-state index in [1.807, 2.05) is 0 Å². The Morgan fingerprint density at radius 2 is 2.00 bits per heavy atom.